The summed E-state index contributed by atoms with van der Waals surface area (Å²) in [5.41, 5.74) is 3.27. The third kappa shape index (κ3) is 4.04. The summed E-state index contributed by atoms with van der Waals surface area (Å²) in [4.78, 5) is 18.9. The van der Waals surface area contributed by atoms with Gasteiger partial charge in [-0.2, -0.15) is 5.10 Å². The van der Waals surface area contributed by atoms with E-state index < -0.39 is 0 Å². The summed E-state index contributed by atoms with van der Waals surface area (Å²) >= 11 is 1.88. The van der Waals surface area contributed by atoms with E-state index in [0.717, 1.165) is 56.6 Å². The molecule has 0 aliphatic carbocycles. The molecule has 0 unspecified atom stereocenters. The molecule has 3 aromatic rings. The molecular weight excluding hydrogens is 399 g/mol. The Morgan fingerprint density at radius 3 is 2.70 bits per heavy atom. The van der Waals surface area contributed by atoms with Crippen LogP contribution in [0.25, 0.3) is 11.1 Å². The topological polar surface area (TPSA) is 41.4 Å². The zero-order valence-corrected chi connectivity index (χ0v) is 17.7. The van der Waals surface area contributed by atoms with Crippen LogP contribution in [-0.4, -0.2) is 51.2 Å². The van der Waals surface area contributed by atoms with Crippen LogP contribution in [0, 0.1) is 5.82 Å². The van der Waals surface area contributed by atoms with Gasteiger partial charge in [-0.15, -0.1) is 11.3 Å². The summed E-state index contributed by atoms with van der Waals surface area (Å²) in [6, 6.07) is 9.14. The third-order valence-corrected chi connectivity index (χ3v) is 7.30. The molecule has 7 heteroatoms. The van der Waals surface area contributed by atoms with Crippen LogP contribution in [0.1, 0.15) is 23.3 Å². The van der Waals surface area contributed by atoms with Gasteiger partial charge in [0, 0.05) is 48.9 Å². The van der Waals surface area contributed by atoms with Gasteiger partial charge in [0.25, 0.3) is 0 Å². The van der Waals surface area contributed by atoms with Crippen molar-refractivity contribution in [3.05, 3.63) is 64.4 Å². The van der Waals surface area contributed by atoms with Gasteiger partial charge in [0.05, 0.1) is 6.20 Å². The van der Waals surface area contributed by atoms with E-state index in [2.05, 4.69) is 21.4 Å². The van der Waals surface area contributed by atoms with Gasteiger partial charge in [0.15, 0.2) is 0 Å². The van der Waals surface area contributed by atoms with Crippen LogP contribution < -0.4 is 0 Å². The minimum Gasteiger partial charge on any atom is -0.341 e. The van der Waals surface area contributed by atoms with Crippen molar-refractivity contribution in [1.29, 1.82) is 0 Å². The molecule has 5 nitrogen and oxygen atoms in total. The number of fused-ring (bicyclic) bond motifs is 1. The quantitative estimate of drug-likeness (QED) is 0.640. The lowest BCUT2D eigenvalue weighted by molar-refractivity contribution is -0.133. The van der Waals surface area contributed by atoms with E-state index in [9.17, 15) is 9.18 Å². The van der Waals surface area contributed by atoms with Crippen LogP contribution in [-0.2, 0) is 24.3 Å². The highest BCUT2D eigenvalue weighted by Crippen LogP contribution is 2.28. The van der Waals surface area contributed by atoms with E-state index in [1.165, 1.54) is 22.6 Å². The molecule has 30 heavy (non-hydrogen) atoms. The van der Waals surface area contributed by atoms with Gasteiger partial charge in [0.1, 0.15) is 12.4 Å². The van der Waals surface area contributed by atoms with Crippen molar-refractivity contribution in [3.8, 4) is 11.1 Å². The Balaban J connectivity index is 1.14. The minimum absolute atomic E-state index is 0.112. The molecule has 5 rings (SSSR count). The summed E-state index contributed by atoms with van der Waals surface area (Å²) < 4.78 is 14.8. The fourth-order valence-electron chi connectivity index (χ4n) is 4.54. The van der Waals surface area contributed by atoms with Gasteiger partial charge in [0.2, 0.25) is 5.91 Å². The predicted molar refractivity (Wildman–Crippen MR) is 116 cm³/mol. The molecule has 0 radical (unpaired) electrons. The average Bonchev–Trinajstić information content (AvgIpc) is 3.43. The number of thiophene rings is 1. The number of benzene rings is 1. The Hall–Kier alpha value is -2.51. The lowest BCUT2D eigenvalue weighted by Crippen LogP contribution is -2.48. The maximum absolute atomic E-state index is 13.1. The van der Waals surface area contributed by atoms with E-state index in [4.69, 9.17) is 0 Å². The van der Waals surface area contributed by atoms with E-state index in [-0.39, 0.29) is 18.3 Å². The summed E-state index contributed by atoms with van der Waals surface area (Å²) in [7, 11) is 0. The van der Waals surface area contributed by atoms with Gasteiger partial charge in [-0.25, -0.2) is 4.39 Å². The molecule has 1 amide bonds. The number of aromatic nitrogens is 2. The van der Waals surface area contributed by atoms with Crippen LogP contribution in [0.5, 0.6) is 0 Å². The number of carbonyl (C=O) groups is 1. The van der Waals surface area contributed by atoms with Crippen molar-refractivity contribution in [2.75, 3.05) is 19.6 Å². The summed E-state index contributed by atoms with van der Waals surface area (Å²) in [6.07, 6.45) is 6.80. The van der Waals surface area contributed by atoms with Crippen molar-refractivity contribution in [1.82, 2.24) is 19.6 Å². The first kappa shape index (κ1) is 19.5. The fourth-order valence-corrected chi connectivity index (χ4v) is 5.43. The smallest absolute Gasteiger partial charge is 0.244 e. The predicted octanol–water partition coefficient (Wildman–Crippen LogP) is 3.80. The molecule has 0 saturated carbocycles. The van der Waals surface area contributed by atoms with Crippen LogP contribution >= 0.6 is 11.3 Å². The molecule has 0 N–H and O–H groups in total. The monoisotopic (exact) mass is 424 g/mol. The number of amides is 1. The lowest BCUT2D eigenvalue weighted by Gasteiger charge is -2.40. The van der Waals surface area contributed by atoms with Crippen LogP contribution in [0.15, 0.2) is 48.1 Å². The zero-order chi connectivity index (χ0) is 20.5. The minimum atomic E-state index is -0.259. The molecule has 2 aliphatic rings. The van der Waals surface area contributed by atoms with Crippen molar-refractivity contribution >= 4 is 17.2 Å². The van der Waals surface area contributed by atoms with Gasteiger partial charge in [-0.05, 0) is 54.0 Å². The number of likely N-dealkylation sites (tertiary alicyclic amines) is 1. The van der Waals surface area contributed by atoms with E-state index in [0.29, 0.717) is 6.04 Å². The fraction of sp³-hybridized carbons (Fsp3) is 0.391. The highest BCUT2D eigenvalue weighted by molar-refractivity contribution is 7.10. The molecule has 2 aromatic heterocycles. The van der Waals surface area contributed by atoms with E-state index >= 15 is 0 Å². The lowest BCUT2D eigenvalue weighted by atomic mass is 9.99. The van der Waals surface area contributed by atoms with Gasteiger partial charge >= 0.3 is 0 Å². The summed E-state index contributed by atoms with van der Waals surface area (Å²) in [6.45, 7) is 4.04. The van der Waals surface area contributed by atoms with Crippen LogP contribution in [0.3, 0.4) is 0 Å². The standard InChI is InChI=1S/C23H25FN4OS/c24-20-3-1-17(2-4-20)19-13-25-28(15-19)16-23(29)26-9-5-21(6-10-26)27-11-7-22-18(14-27)8-12-30-22/h1-4,8,12-13,15,21H,5-7,9-11,14,16H2. The second-order valence-electron chi connectivity index (χ2n) is 8.13. The first-order chi connectivity index (χ1) is 14.7. The highest BCUT2D eigenvalue weighted by Gasteiger charge is 2.29. The third-order valence-electron chi connectivity index (χ3n) is 6.28. The van der Waals surface area contributed by atoms with Crippen molar-refractivity contribution < 1.29 is 9.18 Å². The average molecular weight is 425 g/mol. The number of halogens is 1. The number of nitrogens with zero attached hydrogens (tertiary/aromatic N) is 4. The first-order valence-electron chi connectivity index (χ1n) is 10.5. The Morgan fingerprint density at radius 2 is 1.90 bits per heavy atom. The van der Waals surface area contributed by atoms with Crippen molar-refractivity contribution in [3.63, 3.8) is 0 Å². The Labute approximate surface area is 179 Å². The number of hydrogen-bond donors (Lipinski definition) is 0. The maximum Gasteiger partial charge on any atom is 0.244 e. The molecular formula is C23H25FN4OS. The molecule has 156 valence electrons. The molecule has 4 heterocycles. The van der Waals surface area contributed by atoms with Gasteiger partial charge in [-0.3, -0.25) is 14.4 Å². The maximum atomic E-state index is 13.1. The van der Waals surface area contributed by atoms with Crippen LogP contribution in [0.4, 0.5) is 4.39 Å². The normalized spacial score (nSPS) is 17.8. The van der Waals surface area contributed by atoms with Crippen molar-refractivity contribution in [2.24, 2.45) is 0 Å². The number of rotatable bonds is 4. The van der Waals surface area contributed by atoms with Gasteiger partial charge < -0.3 is 4.90 Å². The molecule has 2 aliphatic heterocycles. The molecule has 0 spiro atoms. The second-order valence-corrected chi connectivity index (χ2v) is 9.14. The SMILES string of the molecule is O=C(Cn1cc(-c2ccc(F)cc2)cn1)N1CCC(N2CCc3sccc3C2)CC1. The molecule has 1 saturated heterocycles. The Morgan fingerprint density at radius 1 is 1.10 bits per heavy atom. The molecule has 1 aromatic carbocycles. The highest BCUT2D eigenvalue weighted by atomic mass is 32.1. The molecule has 0 atom stereocenters. The van der Waals surface area contributed by atoms with Gasteiger partial charge in [-0.1, -0.05) is 12.1 Å². The number of piperidine rings is 1. The number of hydrogen-bond acceptors (Lipinski definition) is 4. The summed E-state index contributed by atoms with van der Waals surface area (Å²) in [5.74, 6) is -0.147. The first-order valence-corrected chi connectivity index (χ1v) is 11.4. The molecule has 0 bridgehead atoms. The largest absolute Gasteiger partial charge is 0.341 e. The van der Waals surface area contributed by atoms with E-state index in [1.807, 2.05) is 22.4 Å². The number of carbonyl (C=O) groups excluding carboxylic acids is 1. The van der Waals surface area contributed by atoms with Crippen LogP contribution in [0.2, 0.25) is 0 Å². The summed E-state index contributed by atoms with van der Waals surface area (Å²) in [5, 5.41) is 6.52. The van der Waals surface area contributed by atoms with Crippen molar-refractivity contribution in [2.45, 2.75) is 38.4 Å². The second kappa shape index (κ2) is 8.32. The Bertz CT molecular complexity index is 1020. The zero-order valence-electron chi connectivity index (χ0n) is 16.8. The Kier molecular flexibility index (Phi) is 5.39. The van der Waals surface area contributed by atoms with E-state index in [1.54, 1.807) is 23.0 Å². The molecule has 1 fully saturated rings.